The first-order chi connectivity index (χ1) is 24.7. The third-order valence-electron chi connectivity index (χ3n) is 8.46. The number of nitrogens with zero attached hydrogens (tertiary/aromatic N) is 2. The number of carbonyl (C=O) groups is 1. The topological polar surface area (TPSA) is 88.4 Å². The molecular weight excluding hydrogens is 661 g/mol. The van der Waals surface area contributed by atoms with Crippen LogP contribution >= 0.6 is 11.3 Å². The molecule has 1 aliphatic rings. The van der Waals surface area contributed by atoms with Gasteiger partial charge in [0.05, 0.1) is 35.1 Å². The van der Waals surface area contributed by atoms with Crippen molar-refractivity contribution in [2.45, 2.75) is 59.8 Å². The largest absolute Gasteiger partial charge is 0.491 e. The normalized spacial score (nSPS) is 14.3. The predicted molar refractivity (Wildman–Crippen MR) is 202 cm³/mol. The molecule has 51 heavy (non-hydrogen) atoms. The SMILES string of the molecule is C=CCc1cc(/C=c2/sc3n(c2=O)[C@@H](c2ccccc2OC(C)C)C(C(=O)OCC)=C(C)N=3)cc(OCC)c1OCc1cccc2ccccc12. The molecule has 0 N–H and O–H groups in total. The molecule has 8 nitrogen and oxygen atoms in total. The number of thiazole rings is 1. The number of ether oxygens (including phenoxy) is 4. The van der Waals surface area contributed by atoms with Gasteiger partial charge < -0.3 is 18.9 Å². The number of allylic oxidation sites excluding steroid dienone is 2. The van der Waals surface area contributed by atoms with Gasteiger partial charge in [0.2, 0.25) is 0 Å². The highest BCUT2D eigenvalue weighted by Gasteiger charge is 2.35. The first-order valence-corrected chi connectivity index (χ1v) is 18.0. The molecule has 5 aromatic rings. The average molecular weight is 703 g/mol. The van der Waals surface area contributed by atoms with Crippen LogP contribution in [0.4, 0.5) is 0 Å². The van der Waals surface area contributed by atoms with E-state index in [4.69, 9.17) is 23.9 Å². The second-order valence-electron chi connectivity index (χ2n) is 12.4. The molecule has 0 fully saturated rings. The summed E-state index contributed by atoms with van der Waals surface area (Å²) < 4.78 is 26.3. The van der Waals surface area contributed by atoms with Crippen LogP contribution in [0, 0.1) is 0 Å². The van der Waals surface area contributed by atoms with Crippen molar-refractivity contribution in [1.82, 2.24) is 4.57 Å². The number of aromatic nitrogens is 1. The summed E-state index contributed by atoms with van der Waals surface area (Å²) in [6.45, 7) is 14.3. The summed E-state index contributed by atoms with van der Waals surface area (Å²) in [5.41, 5.74) is 3.90. The zero-order chi connectivity index (χ0) is 36.1. The van der Waals surface area contributed by atoms with Gasteiger partial charge in [0.15, 0.2) is 16.3 Å². The number of para-hydroxylation sites is 1. The third-order valence-corrected chi connectivity index (χ3v) is 9.44. The second-order valence-corrected chi connectivity index (χ2v) is 13.4. The van der Waals surface area contributed by atoms with Gasteiger partial charge in [-0.1, -0.05) is 78.1 Å². The van der Waals surface area contributed by atoms with Gasteiger partial charge in [-0.05, 0) is 87.2 Å². The highest BCUT2D eigenvalue weighted by atomic mass is 32.1. The Bertz CT molecular complexity index is 2310. The molecule has 4 aromatic carbocycles. The lowest BCUT2D eigenvalue weighted by molar-refractivity contribution is -0.139. The second kappa shape index (κ2) is 15.6. The summed E-state index contributed by atoms with van der Waals surface area (Å²) in [5, 5.41) is 2.28. The Morgan fingerprint density at radius 1 is 0.961 bits per heavy atom. The number of rotatable bonds is 13. The van der Waals surface area contributed by atoms with E-state index in [1.54, 1.807) is 18.4 Å². The molecule has 0 bridgehead atoms. The van der Waals surface area contributed by atoms with Gasteiger partial charge in [-0.25, -0.2) is 9.79 Å². The van der Waals surface area contributed by atoms with Gasteiger partial charge >= 0.3 is 5.97 Å². The van der Waals surface area contributed by atoms with E-state index in [9.17, 15) is 9.59 Å². The molecule has 0 saturated carbocycles. The number of benzene rings is 4. The van der Waals surface area contributed by atoms with Crippen molar-refractivity contribution in [3.8, 4) is 17.2 Å². The molecule has 1 aromatic heterocycles. The van der Waals surface area contributed by atoms with Gasteiger partial charge in [-0.2, -0.15) is 0 Å². The van der Waals surface area contributed by atoms with E-state index in [0.29, 0.717) is 63.1 Å². The maximum atomic E-state index is 14.4. The number of hydrogen-bond acceptors (Lipinski definition) is 8. The van der Waals surface area contributed by atoms with Crippen molar-refractivity contribution in [1.29, 1.82) is 0 Å². The Labute approximate surface area is 301 Å². The number of fused-ring (bicyclic) bond motifs is 2. The van der Waals surface area contributed by atoms with Crippen LogP contribution in [0.3, 0.4) is 0 Å². The summed E-state index contributed by atoms with van der Waals surface area (Å²) in [6, 6.07) is 25.0. The van der Waals surface area contributed by atoms with Gasteiger partial charge in [0.25, 0.3) is 5.56 Å². The lowest BCUT2D eigenvalue weighted by atomic mass is 9.95. The quantitative estimate of drug-likeness (QED) is 0.0937. The van der Waals surface area contributed by atoms with E-state index in [0.717, 1.165) is 27.5 Å². The van der Waals surface area contributed by atoms with Crippen molar-refractivity contribution < 1.29 is 23.7 Å². The average Bonchev–Trinajstić information content (AvgIpc) is 3.41. The minimum absolute atomic E-state index is 0.124. The summed E-state index contributed by atoms with van der Waals surface area (Å²) in [6.07, 6.45) is 4.07. The Hall–Kier alpha value is -5.41. The predicted octanol–water partition coefficient (Wildman–Crippen LogP) is 7.44. The van der Waals surface area contributed by atoms with Crippen molar-refractivity contribution in [3.05, 3.63) is 145 Å². The van der Waals surface area contributed by atoms with Crippen molar-refractivity contribution >= 4 is 34.2 Å². The van der Waals surface area contributed by atoms with Crippen LogP contribution in [-0.2, 0) is 22.6 Å². The summed E-state index contributed by atoms with van der Waals surface area (Å²) in [5.74, 6) is 1.28. The number of hydrogen-bond donors (Lipinski definition) is 0. The molecule has 0 spiro atoms. The maximum Gasteiger partial charge on any atom is 0.338 e. The molecule has 1 atom stereocenters. The molecule has 262 valence electrons. The molecule has 0 aliphatic carbocycles. The fourth-order valence-electron chi connectivity index (χ4n) is 6.37. The Morgan fingerprint density at radius 3 is 2.49 bits per heavy atom. The lowest BCUT2D eigenvalue weighted by Crippen LogP contribution is -2.40. The van der Waals surface area contributed by atoms with E-state index < -0.39 is 12.0 Å². The highest BCUT2D eigenvalue weighted by Crippen LogP contribution is 2.37. The maximum absolute atomic E-state index is 14.4. The molecular formula is C42H42N2O6S. The molecule has 9 heteroatoms. The van der Waals surface area contributed by atoms with Crippen LogP contribution in [0.2, 0.25) is 0 Å². The Morgan fingerprint density at radius 2 is 1.73 bits per heavy atom. The number of esters is 1. The van der Waals surface area contributed by atoms with Crippen LogP contribution in [0.5, 0.6) is 17.2 Å². The summed E-state index contributed by atoms with van der Waals surface area (Å²) in [7, 11) is 0. The standard InChI is InChI=1S/C42H42N2O6S/c1-7-15-30-22-28(23-35(47-8-2)39(30)49-25-31-18-14-17-29-16-10-11-19-32(29)31)24-36-40(45)44-38(33-20-12-13-21-34(33)50-26(4)5)37(41(46)48-9-3)27(6)43-42(44)51-36/h7,10-14,16-24,26,38H,1,8-9,15,25H2,2-6H3/b36-24+/t38-/m0/s1. The first kappa shape index (κ1) is 35.4. The monoisotopic (exact) mass is 702 g/mol. The molecule has 0 saturated heterocycles. The van der Waals surface area contributed by atoms with Gasteiger partial charge in [-0.15, -0.1) is 6.58 Å². The van der Waals surface area contributed by atoms with E-state index in [1.165, 1.54) is 11.3 Å². The Balaban J connectivity index is 1.46. The van der Waals surface area contributed by atoms with Gasteiger partial charge in [0.1, 0.15) is 18.4 Å². The van der Waals surface area contributed by atoms with E-state index in [2.05, 4.69) is 30.8 Å². The minimum Gasteiger partial charge on any atom is -0.491 e. The van der Waals surface area contributed by atoms with Crippen molar-refractivity contribution in [2.24, 2.45) is 4.99 Å². The zero-order valence-corrected chi connectivity index (χ0v) is 30.4. The number of carbonyl (C=O) groups excluding carboxylic acids is 1. The fourth-order valence-corrected chi connectivity index (χ4v) is 7.42. The molecule has 6 rings (SSSR count). The van der Waals surface area contributed by atoms with Crippen LogP contribution in [0.15, 0.2) is 113 Å². The third kappa shape index (κ3) is 7.39. The lowest BCUT2D eigenvalue weighted by Gasteiger charge is -2.26. The van der Waals surface area contributed by atoms with Gasteiger partial charge in [0, 0.05) is 11.1 Å². The molecule has 0 amide bonds. The van der Waals surface area contributed by atoms with Crippen LogP contribution in [0.1, 0.15) is 62.9 Å². The minimum atomic E-state index is -0.794. The van der Waals surface area contributed by atoms with Crippen LogP contribution in [-0.4, -0.2) is 29.9 Å². The Kier molecular flexibility index (Phi) is 10.9. The van der Waals surface area contributed by atoms with Crippen molar-refractivity contribution in [2.75, 3.05) is 13.2 Å². The van der Waals surface area contributed by atoms with Gasteiger partial charge in [-0.3, -0.25) is 9.36 Å². The molecule has 0 radical (unpaired) electrons. The van der Waals surface area contributed by atoms with Crippen molar-refractivity contribution in [3.63, 3.8) is 0 Å². The first-order valence-electron chi connectivity index (χ1n) is 17.2. The highest BCUT2D eigenvalue weighted by molar-refractivity contribution is 7.07. The smallest absolute Gasteiger partial charge is 0.338 e. The fraction of sp³-hybridized carbons (Fsp3) is 0.262. The summed E-state index contributed by atoms with van der Waals surface area (Å²) >= 11 is 1.27. The van der Waals surface area contributed by atoms with E-state index in [-0.39, 0.29) is 18.3 Å². The zero-order valence-electron chi connectivity index (χ0n) is 29.6. The molecule has 1 aliphatic heterocycles. The summed E-state index contributed by atoms with van der Waals surface area (Å²) in [4.78, 5) is 33.1. The van der Waals surface area contributed by atoms with E-state index >= 15 is 0 Å². The molecule has 0 unspecified atom stereocenters. The van der Waals surface area contributed by atoms with Crippen LogP contribution < -0.4 is 29.1 Å². The van der Waals surface area contributed by atoms with Crippen LogP contribution in [0.25, 0.3) is 16.8 Å². The molecule has 2 heterocycles. The van der Waals surface area contributed by atoms with E-state index in [1.807, 2.05) is 87.5 Å².